The highest BCUT2D eigenvalue weighted by Crippen LogP contribution is 2.40. The molecule has 0 aromatic heterocycles. The Kier molecular flexibility index (Phi) is 27.7. The Morgan fingerprint density at radius 1 is 0.697 bits per heavy atom. The summed E-state index contributed by atoms with van der Waals surface area (Å²) in [6.45, 7) is 8.42. The predicted octanol–water partition coefficient (Wildman–Crippen LogP) is 11.3. The summed E-state index contributed by atoms with van der Waals surface area (Å²) < 4.78 is 39.0. The molecule has 0 aliphatic heterocycles. The number of carbonyl (C=O) groups excluding carboxylic acids is 2. The van der Waals surface area contributed by atoms with Crippen LogP contribution in [0.25, 0.3) is 0 Å². The van der Waals surface area contributed by atoms with E-state index in [4.69, 9.17) is 19.7 Å². The average molecular weight is 929 g/mol. The molecule has 66 heavy (non-hydrogen) atoms. The number of ether oxygens (including phenoxy) is 2. The van der Waals surface area contributed by atoms with Gasteiger partial charge in [0.05, 0.1) is 13.2 Å². The summed E-state index contributed by atoms with van der Waals surface area (Å²) in [5, 5.41) is 33.5. The van der Waals surface area contributed by atoms with Crippen molar-refractivity contribution in [3.05, 3.63) is 82.4 Å². The van der Waals surface area contributed by atoms with Gasteiger partial charge in [-0.05, 0) is 87.5 Å². The first-order valence-electron chi connectivity index (χ1n) is 24.3. The molecule has 0 saturated heterocycles. The highest BCUT2D eigenvalue weighted by molar-refractivity contribution is 5.99. The van der Waals surface area contributed by atoms with Crippen molar-refractivity contribution >= 4 is 30.0 Å². The molecule has 1 aliphatic rings. The van der Waals surface area contributed by atoms with Gasteiger partial charge in [-0.25, -0.2) is 13.6 Å². The number of carboxylic acid groups (broad SMARTS) is 3. The van der Waals surface area contributed by atoms with E-state index in [0.717, 1.165) is 32.2 Å². The largest absolute Gasteiger partial charge is 0.480 e. The number of carboxylic acids is 3. The Morgan fingerprint density at radius 2 is 1.21 bits per heavy atom. The Labute approximate surface area is 391 Å². The molecule has 1 aliphatic carbocycles. The van der Waals surface area contributed by atoms with Crippen molar-refractivity contribution in [1.29, 1.82) is 0 Å². The van der Waals surface area contributed by atoms with Gasteiger partial charge in [0.2, 0.25) is 0 Å². The lowest BCUT2D eigenvalue weighted by Crippen LogP contribution is -2.41. The van der Waals surface area contributed by atoms with Crippen molar-refractivity contribution in [2.45, 2.75) is 182 Å². The number of esters is 1. The minimum atomic E-state index is -1.78. The van der Waals surface area contributed by atoms with Gasteiger partial charge in [-0.1, -0.05) is 146 Å². The fourth-order valence-electron chi connectivity index (χ4n) is 7.91. The molecule has 0 heterocycles. The third kappa shape index (κ3) is 20.3. The topological polar surface area (TPSA) is 189 Å². The molecule has 1 fully saturated rings. The maximum absolute atomic E-state index is 14.5. The average Bonchev–Trinajstić information content (AvgIpc) is 3.73. The quantitative estimate of drug-likeness (QED) is 0.0203. The van der Waals surface area contributed by atoms with Crippen LogP contribution >= 0.6 is 0 Å². The summed E-state index contributed by atoms with van der Waals surface area (Å²) in [6.07, 6.45) is 22.7. The maximum atomic E-state index is 14.5. The first kappa shape index (κ1) is 57.3. The number of halogens is 2. The second kappa shape index (κ2) is 32.0. The van der Waals surface area contributed by atoms with Crippen molar-refractivity contribution < 1.29 is 57.5 Å². The zero-order valence-electron chi connectivity index (χ0n) is 40.0. The molecular weight excluding hydrogens is 851 g/mol. The fourth-order valence-corrected chi connectivity index (χ4v) is 7.91. The summed E-state index contributed by atoms with van der Waals surface area (Å²) in [5.41, 5.74) is -0.410. The van der Waals surface area contributed by atoms with Crippen LogP contribution in [0.2, 0.25) is 0 Å². The summed E-state index contributed by atoms with van der Waals surface area (Å²) in [5.74, 6) is -6.51. The van der Waals surface area contributed by atoms with Gasteiger partial charge in [-0.3, -0.25) is 19.2 Å². The Balaban J connectivity index is 0.000000468. The monoisotopic (exact) mass is 929 g/mol. The molecule has 14 heteroatoms. The fraction of sp³-hybridized carbons (Fsp3) is 0.635. The third-order valence-corrected chi connectivity index (χ3v) is 12.4. The van der Waals surface area contributed by atoms with Crippen LogP contribution in [0, 0.1) is 22.5 Å². The van der Waals surface area contributed by atoms with Crippen LogP contribution in [0.3, 0.4) is 0 Å². The van der Waals surface area contributed by atoms with E-state index in [1.54, 1.807) is 25.1 Å². The Bertz CT molecular complexity index is 1790. The molecular formula is C52H78F2N2O10. The van der Waals surface area contributed by atoms with Gasteiger partial charge in [0.15, 0.2) is 22.5 Å². The van der Waals surface area contributed by atoms with E-state index in [0.29, 0.717) is 18.5 Å². The summed E-state index contributed by atoms with van der Waals surface area (Å²) in [4.78, 5) is 58.2. The van der Waals surface area contributed by atoms with Crippen LogP contribution in [-0.4, -0.2) is 71.1 Å². The lowest BCUT2D eigenvalue weighted by atomic mass is 9.86. The molecule has 370 valence electrons. The number of amides is 1. The van der Waals surface area contributed by atoms with Crippen molar-refractivity contribution in [3.8, 4) is 0 Å². The molecule has 2 unspecified atom stereocenters. The number of alkyl carbamates (subject to hydrolysis) is 1. The van der Waals surface area contributed by atoms with Gasteiger partial charge in [-0.2, -0.15) is 0 Å². The first-order valence-corrected chi connectivity index (χ1v) is 24.3. The number of hydrogen-bond acceptors (Lipinski definition) is 8. The number of benzene rings is 2. The lowest BCUT2D eigenvalue weighted by molar-refractivity contribution is -0.168. The second-order valence-corrected chi connectivity index (χ2v) is 17.8. The summed E-state index contributed by atoms with van der Waals surface area (Å²) >= 11 is 0. The normalized spacial score (nSPS) is 15.8. The standard InChI is InChI=1S/C28H41F2NO6.C24H37NO4/c1-3-5-6-7-8-9-10-11-12-20-13-14-21(24(30)23(20)29)16-18-37-27(35)31-22-15-17-28(19-22,25(32)33)26(34)36-4-2;1-3-4-5-6-7-8-9-12-20-13-15-21(16-14-20)19-25-18-11-10-17-24(2,22(26)27)23(28)29/h13-14,22H,3-12,15-19H2,1-2H3,(H,31,35)(H,32,33);10-11,13-16,25H,3-9,12,17-19H2,1-2H3,(H,26,27)(H,28,29). The van der Waals surface area contributed by atoms with Crippen molar-refractivity contribution in [2.75, 3.05) is 19.8 Å². The van der Waals surface area contributed by atoms with Crippen LogP contribution in [0.4, 0.5) is 13.6 Å². The number of hydrogen-bond donors (Lipinski definition) is 5. The summed E-state index contributed by atoms with van der Waals surface area (Å²) in [7, 11) is 0. The Morgan fingerprint density at radius 3 is 1.74 bits per heavy atom. The zero-order valence-corrected chi connectivity index (χ0v) is 40.0. The zero-order chi connectivity index (χ0) is 48.8. The van der Waals surface area contributed by atoms with Crippen LogP contribution in [0.5, 0.6) is 0 Å². The van der Waals surface area contributed by atoms with Gasteiger partial charge >= 0.3 is 30.0 Å². The van der Waals surface area contributed by atoms with Gasteiger partial charge in [0, 0.05) is 25.6 Å². The molecule has 2 atom stereocenters. The number of nitrogens with one attached hydrogen (secondary N) is 2. The van der Waals surface area contributed by atoms with Crippen molar-refractivity contribution in [3.63, 3.8) is 0 Å². The first-order chi connectivity index (χ1) is 31.6. The van der Waals surface area contributed by atoms with Crippen LogP contribution in [0.15, 0.2) is 48.6 Å². The molecule has 2 aromatic rings. The summed E-state index contributed by atoms with van der Waals surface area (Å²) in [6, 6.07) is 11.2. The molecule has 0 bridgehead atoms. The molecule has 0 radical (unpaired) electrons. The van der Waals surface area contributed by atoms with Gasteiger partial charge in [-0.15, -0.1) is 0 Å². The van der Waals surface area contributed by atoms with E-state index in [9.17, 15) is 37.9 Å². The number of unbranched alkanes of at least 4 members (excludes halogenated alkanes) is 13. The van der Waals surface area contributed by atoms with E-state index in [1.165, 1.54) is 101 Å². The minimum Gasteiger partial charge on any atom is -0.480 e. The second-order valence-electron chi connectivity index (χ2n) is 17.8. The van der Waals surface area contributed by atoms with E-state index < -0.39 is 58.5 Å². The van der Waals surface area contributed by atoms with E-state index in [-0.39, 0.29) is 50.9 Å². The van der Waals surface area contributed by atoms with Crippen LogP contribution < -0.4 is 10.6 Å². The lowest BCUT2D eigenvalue weighted by Gasteiger charge is -2.22. The van der Waals surface area contributed by atoms with Gasteiger partial charge in [0.1, 0.15) is 0 Å². The van der Waals surface area contributed by atoms with Gasteiger partial charge in [0.25, 0.3) is 0 Å². The third-order valence-electron chi connectivity index (χ3n) is 12.4. The maximum Gasteiger partial charge on any atom is 0.407 e. The molecule has 2 aromatic carbocycles. The van der Waals surface area contributed by atoms with Crippen LogP contribution in [0.1, 0.15) is 172 Å². The minimum absolute atomic E-state index is 0.000763. The van der Waals surface area contributed by atoms with E-state index >= 15 is 0 Å². The molecule has 12 nitrogen and oxygen atoms in total. The van der Waals surface area contributed by atoms with Gasteiger partial charge < -0.3 is 35.4 Å². The highest BCUT2D eigenvalue weighted by atomic mass is 19.2. The number of allylic oxidation sites excluding steroid dienone is 1. The van der Waals surface area contributed by atoms with E-state index in [2.05, 4.69) is 48.7 Å². The molecule has 0 spiro atoms. The van der Waals surface area contributed by atoms with Crippen molar-refractivity contribution in [1.82, 2.24) is 10.6 Å². The Hall–Kier alpha value is -4.85. The molecule has 5 N–H and O–H groups in total. The van der Waals surface area contributed by atoms with E-state index in [1.807, 2.05) is 0 Å². The number of aliphatic carboxylic acids is 3. The highest BCUT2D eigenvalue weighted by Gasteiger charge is 2.53. The number of rotatable bonds is 32. The van der Waals surface area contributed by atoms with Crippen molar-refractivity contribution in [2.24, 2.45) is 10.8 Å². The smallest absolute Gasteiger partial charge is 0.407 e. The molecule has 1 saturated carbocycles. The number of carbonyl (C=O) groups is 5. The SMILES string of the molecule is CCCCCCCCCCc1ccc(CCOC(=O)NC2CCC(C(=O)O)(C(=O)OCC)C2)c(F)c1F.CCCCCCCCCc1ccc(CNCC=CCC(C)(C(=O)O)C(=O)O)cc1. The molecule has 1 amide bonds. The number of aryl methyl sites for hydroxylation is 2. The van der Waals surface area contributed by atoms with Crippen LogP contribution in [-0.2, 0) is 54.5 Å². The molecule has 3 rings (SSSR count). The predicted molar refractivity (Wildman–Crippen MR) is 252 cm³/mol.